The molecular weight excluding hydrogens is 428 g/mol. The summed E-state index contributed by atoms with van der Waals surface area (Å²) in [5, 5.41) is 0. The number of carbonyl (C=O) groups is 2. The number of ether oxygens (including phenoxy) is 2. The quantitative estimate of drug-likeness (QED) is 0.523. The highest BCUT2D eigenvalue weighted by Crippen LogP contribution is 2.39. The summed E-state index contributed by atoms with van der Waals surface area (Å²) in [6.07, 6.45) is 2.30. The molecule has 0 bridgehead atoms. The van der Waals surface area contributed by atoms with Gasteiger partial charge in [0.1, 0.15) is 4.60 Å². The number of pyridine rings is 2. The summed E-state index contributed by atoms with van der Waals surface area (Å²) in [6.45, 7) is 4.14. The molecule has 1 fully saturated rings. The predicted molar refractivity (Wildman–Crippen MR) is 109 cm³/mol. The molecule has 4 N–H and O–H groups in total. The van der Waals surface area contributed by atoms with Gasteiger partial charge in [0.25, 0.3) is 0 Å². The topological polar surface area (TPSA) is 130 Å². The van der Waals surface area contributed by atoms with Gasteiger partial charge in [-0.3, -0.25) is 0 Å². The molecule has 8 nitrogen and oxygen atoms in total. The normalized spacial score (nSPS) is 12.5. The molecule has 0 unspecified atom stereocenters. The molecule has 0 spiro atoms. The van der Waals surface area contributed by atoms with E-state index in [2.05, 4.69) is 25.9 Å². The summed E-state index contributed by atoms with van der Waals surface area (Å²) < 4.78 is 10.2. The molecule has 2 aromatic heterocycles. The second-order valence-electron chi connectivity index (χ2n) is 5.96. The Morgan fingerprint density at radius 3 is 1.96 bits per heavy atom. The minimum Gasteiger partial charge on any atom is -0.461 e. The second-order valence-corrected chi connectivity index (χ2v) is 6.77. The lowest BCUT2D eigenvalue weighted by molar-refractivity contribution is 0.0511. The summed E-state index contributed by atoms with van der Waals surface area (Å²) >= 11 is 3.14. The van der Waals surface area contributed by atoms with E-state index >= 15 is 0 Å². The standard InChI is InChI=1S/C11H14N2O2.C8H9BrN2O2/c1-2-15-11(14)10-8(12)5-6-9(13-10)7-3-4-7;1-2-13-8(12)7-5(10)3-4-6(9)11-7/h5-7H,2-4,12H2,1H3;3-4H,2,10H2,1H3. The van der Waals surface area contributed by atoms with Gasteiger partial charge in [-0.25, -0.2) is 19.6 Å². The van der Waals surface area contributed by atoms with Crippen molar-refractivity contribution in [1.82, 2.24) is 9.97 Å². The van der Waals surface area contributed by atoms with Gasteiger partial charge in [0, 0.05) is 11.6 Å². The zero-order chi connectivity index (χ0) is 20.7. The average molecular weight is 451 g/mol. The van der Waals surface area contributed by atoms with Crippen LogP contribution in [0.5, 0.6) is 0 Å². The van der Waals surface area contributed by atoms with E-state index in [4.69, 9.17) is 20.9 Å². The van der Waals surface area contributed by atoms with Crippen LogP contribution >= 0.6 is 15.9 Å². The first-order valence-corrected chi connectivity index (χ1v) is 9.69. The van der Waals surface area contributed by atoms with Gasteiger partial charge in [0.05, 0.1) is 24.6 Å². The van der Waals surface area contributed by atoms with Gasteiger partial charge in [0.15, 0.2) is 11.4 Å². The van der Waals surface area contributed by atoms with E-state index in [9.17, 15) is 9.59 Å². The van der Waals surface area contributed by atoms with E-state index in [0.29, 0.717) is 35.1 Å². The first-order valence-electron chi connectivity index (χ1n) is 8.90. The number of hydrogen-bond acceptors (Lipinski definition) is 8. The molecule has 0 radical (unpaired) electrons. The lowest BCUT2D eigenvalue weighted by Gasteiger charge is -2.06. The Balaban J connectivity index is 0.000000203. The lowest BCUT2D eigenvalue weighted by Crippen LogP contribution is -2.11. The second kappa shape index (κ2) is 10.0. The Bertz CT molecular complexity index is 856. The fourth-order valence-corrected chi connectivity index (χ4v) is 2.57. The molecule has 1 aliphatic rings. The van der Waals surface area contributed by atoms with E-state index in [1.807, 2.05) is 6.07 Å². The monoisotopic (exact) mass is 450 g/mol. The number of esters is 2. The Labute approximate surface area is 171 Å². The van der Waals surface area contributed by atoms with Crippen LogP contribution < -0.4 is 11.5 Å². The molecule has 0 aliphatic heterocycles. The molecule has 2 heterocycles. The van der Waals surface area contributed by atoms with Crippen molar-refractivity contribution in [3.05, 3.63) is 46.0 Å². The molecule has 1 saturated carbocycles. The Morgan fingerprint density at radius 2 is 1.46 bits per heavy atom. The van der Waals surface area contributed by atoms with Crippen LogP contribution in [0.4, 0.5) is 11.4 Å². The van der Waals surface area contributed by atoms with Crippen molar-refractivity contribution >= 4 is 39.2 Å². The maximum absolute atomic E-state index is 11.5. The number of nitrogen functional groups attached to an aromatic ring is 2. The van der Waals surface area contributed by atoms with Crippen LogP contribution in [0.3, 0.4) is 0 Å². The summed E-state index contributed by atoms with van der Waals surface area (Å²) in [5.74, 6) is -0.419. The molecule has 0 atom stereocenters. The molecule has 0 aromatic carbocycles. The molecule has 9 heteroatoms. The molecule has 1 aliphatic carbocycles. The third-order valence-corrected chi connectivity index (χ3v) is 4.22. The molecular formula is C19H23BrN4O4. The van der Waals surface area contributed by atoms with E-state index < -0.39 is 11.9 Å². The Hall–Kier alpha value is -2.68. The molecule has 0 saturated heterocycles. The van der Waals surface area contributed by atoms with Crippen molar-refractivity contribution in [3.63, 3.8) is 0 Å². The molecule has 28 heavy (non-hydrogen) atoms. The number of nitrogens with zero attached hydrogens (tertiary/aromatic N) is 2. The first kappa shape index (κ1) is 21.6. The van der Waals surface area contributed by atoms with Gasteiger partial charge in [0.2, 0.25) is 0 Å². The zero-order valence-corrected chi connectivity index (χ0v) is 17.4. The van der Waals surface area contributed by atoms with Crippen molar-refractivity contribution in [1.29, 1.82) is 0 Å². The minimum atomic E-state index is -0.499. The van der Waals surface area contributed by atoms with Crippen LogP contribution in [0, 0.1) is 0 Å². The third kappa shape index (κ3) is 5.91. The fraction of sp³-hybridized carbons (Fsp3) is 0.368. The van der Waals surface area contributed by atoms with Gasteiger partial charge >= 0.3 is 11.9 Å². The van der Waals surface area contributed by atoms with Crippen LogP contribution in [-0.2, 0) is 9.47 Å². The largest absolute Gasteiger partial charge is 0.461 e. The van der Waals surface area contributed by atoms with Gasteiger partial charge in [-0.2, -0.15) is 0 Å². The van der Waals surface area contributed by atoms with Crippen molar-refractivity contribution in [2.24, 2.45) is 0 Å². The fourth-order valence-electron chi connectivity index (χ4n) is 2.26. The lowest BCUT2D eigenvalue weighted by atomic mass is 10.2. The van der Waals surface area contributed by atoms with Crippen LogP contribution in [0.15, 0.2) is 28.9 Å². The van der Waals surface area contributed by atoms with E-state index in [1.165, 1.54) is 0 Å². The molecule has 0 amide bonds. The maximum Gasteiger partial charge on any atom is 0.359 e. The van der Waals surface area contributed by atoms with Crippen molar-refractivity contribution < 1.29 is 19.1 Å². The van der Waals surface area contributed by atoms with Gasteiger partial charge in [-0.05, 0) is 66.9 Å². The minimum absolute atomic E-state index is 0.149. The van der Waals surface area contributed by atoms with Crippen LogP contribution in [0.25, 0.3) is 0 Å². The highest BCUT2D eigenvalue weighted by molar-refractivity contribution is 9.10. The van der Waals surface area contributed by atoms with Crippen molar-refractivity contribution in [3.8, 4) is 0 Å². The first-order chi connectivity index (χ1) is 13.4. The third-order valence-electron chi connectivity index (χ3n) is 3.77. The SMILES string of the molecule is CCOC(=O)c1nc(Br)ccc1N.CCOC(=O)c1nc(C2CC2)ccc1N. The van der Waals surface area contributed by atoms with Crippen LogP contribution in [-0.4, -0.2) is 35.1 Å². The number of rotatable bonds is 5. The molecule has 3 rings (SSSR count). The summed E-state index contributed by atoms with van der Waals surface area (Å²) in [4.78, 5) is 30.9. The van der Waals surface area contributed by atoms with Crippen molar-refractivity contribution in [2.45, 2.75) is 32.6 Å². The zero-order valence-electron chi connectivity index (χ0n) is 15.8. The van der Waals surface area contributed by atoms with Gasteiger partial charge < -0.3 is 20.9 Å². The van der Waals surface area contributed by atoms with Crippen molar-refractivity contribution in [2.75, 3.05) is 24.7 Å². The van der Waals surface area contributed by atoms with Crippen LogP contribution in [0.2, 0.25) is 0 Å². The average Bonchev–Trinajstić information content (AvgIpc) is 3.50. The number of anilines is 2. The summed E-state index contributed by atoms with van der Waals surface area (Å²) in [6, 6.07) is 6.88. The van der Waals surface area contributed by atoms with E-state index in [-0.39, 0.29) is 11.4 Å². The van der Waals surface area contributed by atoms with Gasteiger partial charge in [-0.1, -0.05) is 0 Å². The smallest absolute Gasteiger partial charge is 0.359 e. The van der Waals surface area contributed by atoms with E-state index in [1.54, 1.807) is 32.0 Å². The summed E-state index contributed by atoms with van der Waals surface area (Å²) in [7, 11) is 0. The number of aromatic nitrogens is 2. The Kier molecular flexibility index (Phi) is 7.74. The molecule has 150 valence electrons. The predicted octanol–water partition coefficient (Wildman–Crippen LogP) is 3.32. The Morgan fingerprint density at radius 1 is 0.964 bits per heavy atom. The number of nitrogens with two attached hydrogens (primary N) is 2. The van der Waals surface area contributed by atoms with Crippen LogP contribution in [0.1, 0.15) is 59.3 Å². The number of hydrogen-bond donors (Lipinski definition) is 2. The van der Waals surface area contributed by atoms with E-state index in [0.717, 1.165) is 18.5 Å². The van der Waals surface area contributed by atoms with Gasteiger partial charge in [-0.15, -0.1) is 0 Å². The molecule has 2 aromatic rings. The summed E-state index contributed by atoms with van der Waals surface area (Å²) in [5.41, 5.74) is 13.3. The number of halogens is 1. The highest BCUT2D eigenvalue weighted by atomic mass is 79.9. The number of carbonyl (C=O) groups excluding carboxylic acids is 2. The maximum atomic E-state index is 11.5. The highest BCUT2D eigenvalue weighted by Gasteiger charge is 2.26.